The van der Waals surface area contributed by atoms with Crippen LogP contribution in [-0.2, 0) is 4.79 Å². The van der Waals surface area contributed by atoms with Crippen molar-refractivity contribution in [2.75, 3.05) is 5.32 Å². The molecule has 0 unspecified atom stereocenters. The van der Waals surface area contributed by atoms with Gasteiger partial charge in [-0.25, -0.2) is 4.98 Å². The Hall–Kier alpha value is -2.62. The summed E-state index contributed by atoms with van der Waals surface area (Å²) in [4.78, 5) is 18.3. The smallest absolute Gasteiger partial charge is 0.230 e. The molecule has 4 saturated carbocycles. The molecular formula is C26H29N3O. The quantitative estimate of drug-likeness (QED) is 0.607. The van der Waals surface area contributed by atoms with E-state index in [1.165, 1.54) is 24.8 Å². The maximum Gasteiger partial charge on any atom is 0.230 e. The van der Waals surface area contributed by atoms with E-state index in [1.807, 2.05) is 6.20 Å². The summed E-state index contributed by atoms with van der Waals surface area (Å²) in [5, 5.41) is 3.35. The second-order valence-corrected chi connectivity index (χ2v) is 10.3. The number of aryl methyl sites for hydroxylation is 2. The largest absolute Gasteiger partial charge is 0.325 e. The van der Waals surface area contributed by atoms with Gasteiger partial charge < -0.3 is 9.72 Å². The van der Waals surface area contributed by atoms with Crippen LogP contribution in [0.4, 0.5) is 5.69 Å². The molecule has 0 atom stereocenters. The fourth-order valence-corrected chi connectivity index (χ4v) is 6.78. The minimum Gasteiger partial charge on any atom is -0.325 e. The molecule has 4 aliphatic carbocycles. The van der Waals surface area contributed by atoms with Gasteiger partial charge in [0.05, 0.1) is 11.1 Å². The zero-order valence-corrected chi connectivity index (χ0v) is 17.8. The summed E-state index contributed by atoms with van der Waals surface area (Å²) in [6, 6.07) is 10.5. The van der Waals surface area contributed by atoms with Gasteiger partial charge in [0.15, 0.2) is 0 Å². The third kappa shape index (κ3) is 2.88. The van der Waals surface area contributed by atoms with Crippen molar-refractivity contribution >= 4 is 17.2 Å². The van der Waals surface area contributed by atoms with E-state index in [9.17, 15) is 4.79 Å². The van der Waals surface area contributed by atoms with Crippen molar-refractivity contribution in [2.24, 2.45) is 23.2 Å². The number of hydrogen-bond acceptors (Lipinski definition) is 2. The van der Waals surface area contributed by atoms with Crippen LogP contribution in [0.15, 0.2) is 42.7 Å². The molecule has 0 saturated heterocycles. The van der Waals surface area contributed by atoms with E-state index >= 15 is 0 Å². The van der Waals surface area contributed by atoms with E-state index < -0.39 is 0 Å². The Balaban J connectivity index is 1.30. The number of nitrogens with zero attached hydrogens (tertiary/aromatic N) is 2. The topological polar surface area (TPSA) is 46.4 Å². The van der Waals surface area contributed by atoms with Gasteiger partial charge in [-0.2, -0.15) is 0 Å². The van der Waals surface area contributed by atoms with Gasteiger partial charge in [0.1, 0.15) is 5.65 Å². The summed E-state index contributed by atoms with van der Waals surface area (Å²) in [5.74, 6) is 2.58. The second-order valence-electron chi connectivity index (χ2n) is 10.3. The van der Waals surface area contributed by atoms with Crippen LogP contribution in [0.1, 0.15) is 49.7 Å². The number of hydrogen-bond donors (Lipinski definition) is 1. The first-order chi connectivity index (χ1) is 14.5. The summed E-state index contributed by atoms with van der Waals surface area (Å²) in [5.41, 5.74) is 6.04. The highest BCUT2D eigenvalue weighted by atomic mass is 16.2. The highest BCUT2D eigenvalue weighted by Crippen LogP contribution is 2.60. The van der Waals surface area contributed by atoms with Crippen molar-refractivity contribution in [1.82, 2.24) is 9.38 Å². The molecule has 0 aliphatic heterocycles. The van der Waals surface area contributed by atoms with Gasteiger partial charge in [-0.1, -0.05) is 12.1 Å². The number of imidazole rings is 1. The number of anilines is 1. The number of fused-ring (bicyclic) bond motifs is 1. The average Bonchev–Trinajstić information content (AvgIpc) is 3.11. The number of pyridine rings is 1. The minimum atomic E-state index is -0.127. The normalized spacial score (nSPS) is 29.5. The molecule has 3 aromatic rings. The number of carbonyl (C=O) groups excluding carboxylic acids is 1. The molecule has 2 heterocycles. The first kappa shape index (κ1) is 18.2. The van der Waals surface area contributed by atoms with Crippen molar-refractivity contribution in [2.45, 2.75) is 52.4 Å². The van der Waals surface area contributed by atoms with Crippen LogP contribution < -0.4 is 5.32 Å². The Kier molecular flexibility index (Phi) is 3.90. The van der Waals surface area contributed by atoms with E-state index in [1.54, 1.807) is 0 Å². The first-order valence-electron chi connectivity index (χ1n) is 11.4. The van der Waals surface area contributed by atoms with Crippen LogP contribution in [0.5, 0.6) is 0 Å². The molecule has 4 nitrogen and oxygen atoms in total. The Morgan fingerprint density at radius 2 is 1.73 bits per heavy atom. The predicted molar refractivity (Wildman–Crippen MR) is 119 cm³/mol. The number of nitrogens with one attached hydrogen (secondary N) is 1. The predicted octanol–water partition coefficient (Wildman–Crippen LogP) is 5.77. The summed E-state index contributed by atoms with van der Waals surface area (Å²) in [6.45, 7) is 4.16. The number of amides is 1. The zero-order chi connectivity index (χ0) is 20.5. The molecule has 4 aliphatic rings. The average molecular weight is 400 g/mol. The van der Waals surface area contributed by atoms with E-state index in [-0.39, 0.29) is 11.3 Å². The second kappa shape index (κ2) is 6.44. The van der Waals surface area contributed by atoms with E-state index in [0.717, 1.165) is 65.2 Å². The molecule has 2 aromatic heterocycles. The van der Waals surface area contributed by atoms with Gasteiger partial charge in [-0.05, 0) is 99.5 Å². The summed E-state index contributed by atoms with van der Waals surface area (Å²) < 4.78 is 2.05. The molecular weight excluding hydrogens is 370 g/mol. The van der Waals surface area contributed by atoms with Gasteiger partial charge >= 0.3 is 0 Å². The maximum absolute atomic E-state index is 13.5. The lowest BCUT2D eigenvalue weighted by atomic mass is 9.49. The Morgan fingerprint density at radius 3 is 2.43 bits per heavy atom. The Bertz CT molecular complexity index is 1120. The van der Waals surface area contributed by atoms with Gasteiger partial charge in [-0.3, -0.25) is 4.79 Å². The number of rotatable bonds is 3. The molecule has 4 heteroatoms. The lowest BCUT2D eigenvalue weighted by Gasteiger charge is -2.55. The van der Waals surface area contributed by atoms with Gasteiger partial charge in [0.2, 0.25) is 5.91 Å². The van der Waals surface area contributed by atoms with E-state index in [2.05, 4.69) is 60.1 Å². The molecule has 4 fully saturated rings. The minimum absolute atomic E-state index is 0.127. The van der Waals surface area contributed by atoms with E-state index in [0.29, 0.717) is 0 Å². The fourth-order valence-electron chi connectivity index (χ4n) is 6.78. The van der Waals surface area contributed by atoms with Crippen LogP contribution in [0, 0.1) is 37.0 Å². The third-order valence-electron chi connectivity index (χ3n) is 7.92. The maximum atomic E-state index is 13.5. The monoisotopic (exact) mass is 399 g/mol. The Morgan fingerprint density at radius 1 is 1.03 bits per heavy atom. The van der Waals surface area contributed by atoms with Crippen molar-refractivity contribution in [3.8, 4) is 11.3 Å². The van der Waals surface area contributed by atoms with E-state index in [4.69, 9.17) is 4.98 Å². The number of carbonyl (C=O) groups is 1. The van der Waals surface area contributed by atoms with Crippen molar-refractivity contribution in [3.05, 3.63) is 53.9 Å². The molecule has 1 N–H and O–H groups in total. The summed E-state index contributed by atoms with van der Waals surface area (Å²) in [7, 11) is 0. The molecule has 7 rings (SSSR count). The molecule has 0 spiro atoms. The van der Waals surface area contributed by atoms with Crippen LogP contribution in [0.2, 0.25) is 0 Å². The van der Waals surface area contributed by atoms with Gasteiger partial charge in [0, 0.05) is 23.6 Å². The van der Waals surface area contributed by atoms with Crippen LogP contribution in [0.25, 0.3) is 16.9 Å². The summed E-state index contributed by atoms with van der Waals surface area (Å²) in [6.07, 6.45) is 11.5. The number of aromatic nitrogens is 2. The first-order valence-corrected chi connectivity index (χ1v) is 11.4. The molecule has 30 heavy (non-hydrogen) atoms. The lowest BCUT2D eigenvalue weighted by Crippen LogP contribution is -2.51. The molecule has 1 aromatic carbocycles. The van der Waals surface area contributed by atoms with Crippen molar-refractivity contribution < 1.29 is 4.79 Å². The number of benzene rings is 1. The van der Waals surface area contributed by atoms with Crippen molar-refractivity contribution in [3.63, 3.8) is 0 Å². The van der Waals surface area contributed by atoms with Gasteiger partial charge in [-0.15, -0.1) is 0 Å². The molecule has 1 amide bonds. The molecule has 4 bridgehead atoms. The Labute approximate surface area is 177 Å². The lowest BCUT2D eigenvalue weighted by molar-refractivity contribution is -0.140. The molecule has 154 valence electrons. The summed E-state index contributed by atoms with van der Waals surface area (Å²) >= 11 is 0. The highest BCUT2D eigenvalue weighted by Gasteiger charge is 2.54. The van der Waals surface area contributed by atoms with Crippen LogP contribution >= 0.6 is 0 Å². The SMILES string of the molecule is Cc1ccn2cc(-c3ccc(C)c(NC(=O)C45CC6CC(CC(C6)C4)C5)c3)nc2c1. The van der Waals surface area contributed by atoms with Crippen LogP contribution in [0.3, 0.4) is 0 Å². The zero-order valence-electron chi connectivity index (χ0n) is 17.8. The fraction of sp³-hybridized carbons (Fsp3) is 0.462. The van der Waals surface area contributed by atoms with Gasteiger partial charge in [0.25, 0.3) is 0 Å². The highest BCUT2D eigenvalue weighted by molar-refractivity contribution is 5.97. The molecule has 0 radical (unpaired) electrons. The standard InChI is InChI=1S/C26H29N3O/c1-16-5-6-29-15-23(27-24(29)7-16)21-4-3-17(2)22(11-21)28-25(30)26-12-18-8-19(13-26)10-20(9-18)14-26/h3-7,11,15,18-20H,8-10,12-14H2,1-2H3,(H,28,30). The van der Waals surface area contributed by atoms with Crippen LogP contribution in [-0.4, -0.2) is 15.3 Å². The van der Waals surface area contributed by atoms with Crippen molar-refractivity contribution in [1.29, 1.82) is 0 Å². The third-order valence-corrected chi connectivity index (χ3v) is 7.92.